The van der Waals surface area contributed by atoms with Crippen LogP contribution in [-0.2, 0) is 9.53 Å². The number of aromatic nitrogens is 1. The van der Waals surface area contributed by atoms with E-state index in [0.717, 1.165) is 12.8 Å². The number of nitrogens with one attached hydrogen (secondary N) is 2. The summed E-state index contributed by atoms with van der Waals surface area (Å²) < 4.78 is 10.4. The van der Waals surface area contributed by atoms with Crippen molar-refractivity contribution in [1.29, 1.82) is 0 Å². The highest BCUT2D eigenvalue weighted by atomic mass is 16.5. The fourth-order valence-corrected chi connectivity index (χ4v) is 3.50. The van der Waals surface area contributed by atoms with Gasteiger partial charge in [-0.1, -0.05) is 32.1 Å². The first kappa shape index (κ1) is 17.5. The molecule has 1 saturated carbocycles. The van der Waals surface area contributed by atoms with Gasteiger partial charge in [0.25, 0.3) is 5.91 Å². The Balaban J connectivity index is 1.67. The van der Waals surface area contributed by atoms with E-state index in [-0.39, 0.29) is 5.91 Å². The van der Waals surface area contributed by atoms with Gasteiger partial charge in [-0.3, -0.25) is 4.79 Å². The summed E-state index contributed by atoms with van der Waals surface area (Å²) in [5.74, 6) is 0.904. The number of hydrogen-bond donors (Lipinski definition) is 2. The van der Waals surface area contributed by atoms with Crippen LogP contribution in [0.3, 0.4) is 0 Å². The Hall–Kier alpha value is -2.31. The molecule has 1 aromatic rings. The van der Waals surface area contributed by atoms with Gasteiger partial charge in [0.1, 0.15) is 12.6 Å². The molecule has 0 saturated heterocycles. The topological polar surface area (TPSA) is 89.5 Å². The molecule has 2 heterocycles. The molecule has 7 nitrogen and oxygen atoms in total. The van der Waals surface area contributed by atoms with Crippen LogP contribution in [0, 0.1) is 5.92 Å². The minimum atomic E-state index is -0.629. The third kappa shape index (κ3) is 4.41. The lowest BCUT2D eigenvalue weighted by molar-refractivity contribution is -0.143. The summed E-state index contributed by atoms with van der Waals surface area (Å²) in [7, 11) is 1.35. The minimum Gasteiger partial charge on any atom is -0.488 e. The number of ether oxygens (including phenoxy) is 2. The predicted octanol–water partition coefficient (Wildman–Crippen LogP) is 2.13. The average Bonchev–Trinajstić information content (AvgIpc) is 2.67. The SMILES string of the molecule is COC(=O)[C@@H](CC1CCCCC1)NC(=O)c1cnc2c(c1)OCCN2. The van der Waals surface area contributed by atoms with Crippen LogP contribution in [0.4, 0.5) is 5.82 Å². The maximum absolute atomic E-state index is 12.6. The van der Waals surface area contributed by atoms with Crippen molar-refractivity contribution in [2.24, 2.45) is 5.92 Å². The third-order valence-electron chi connectivity index (χ3n) is 4.85. The fourth-order valence-electron chi connectivity index (χ4n) is 3.50. The first-order chi connectivity index (χ1) is 12.2. The van der Waals surface area contributed by atoms with Gasteiger partial charge in [0.05, 0.1) is 19.2 Å². The number of fused-ring (bicyclic) bond motifs is 1. The van der Waals surface area contributed by atoms with Gasteiger partial charge in [0, 0.05) is 6.20 Å². The highest BCUT2D eigenvalue weighted by Gasteiger charge is 2.27. The molecule has 1 amide bonds. The van der Waals surface area contributed by atoms with Crippen LogP contribution >= 0.6 is 0 Å². The smallest absolute Gasteiger partial charge is 0.328 e. The fraction of sp³-hybridized carbons (Fsp3) is 0.611. The van der Waals surface area contributed by atoms with Gasteiger partial charge >= 0.3 is 5.97 Å². The van der Waals surface area contributed by atoms with Gasteiger partial charge < -0.3 is 20.1 Å². The van der Waals surface area contributed by atoms with Crippen LogP contribution in [-0.4, -0.2) is 43.2 Å². The number of hydrogen-bond acceptors (Lipinski definition) is 6. The molecule has 0 bridgehead atoms. The molecule has 2 aliphatic rings. The zero-order valence-electron chi connectivity index (χ0n) is 14.5. The molecule has 136 valence electrons. The Kier molecular flexibility index (Phi) is 5.73. The molecule has 1 atom stereocenters. The minimum absolute atomic E-state index is 0.337. The Labute approximate surface area is 147 Å². The average molecular weight is 347 g/mol. The quantitative estimate of drug-likeness (QED) is 0.793. The highest BCUT2D eigenvalue weighted by molar-refractivity contribution is 5.97. The van der Waals surface area contributed by atoms with Gasteiger partial charge in [0.15, 0.2) is 11.6 Å². The number of rotatable bonds is 5. The molecule has 7 heteroatoms. The van der Waals surface area contributed by atoms with E-state index in [2.05, 4.69) is 15.6 Å². The Morgan fingerprint density at radius 1 is 1.40 bits per heavy atom. The Bertz CT molecular complexity index is 629. The second-order valence-electron chi connectivity index (χ2n) is 6.63. The van der Waals surface area contributed by atoms with Crippen LogP contribution < -0.4 is 15.4 Å². The number of esters is 1. The van der Waals surface area contributed by atoms with Gasteiger partial charge in [-0.05, 0) is 18.4 Å². The summed E-state index contributed by atoms with van der Waals surface area (Å²) in [5.41, 5.74) is 0.375. The molecule has 2 N–H and O–H groups in total. The standard InChI is InChI=1S/C18H25N3O4/c1-24-18(23)14(9-12-5-3-2-4-6-12)21-17(22)13-10-15-16(20-11-13)19-7-8-25-15/h10-12,14H,2-9H2,1H3,(H,19,20)(H,21,22)/t14-/m1/s1. The van der Waals surface area contributed by atoms with Crippen LogP contribution in [0.1, 0.15) is 48.9 Å². The number of amides is 1. The second kappa shape index (κ2) is 8.18. The van der Waals surface area contributed by atoms with Crippen molar-refractivity contribution in [2.75, 3.05) is 25.6 Å². The van der Waals surface area contributed by atoms with Crippen molar-refractivity contribution >= 4 is 17.7 Å². The number of nitrogens with zero attached hydrogens (tertiary/aromatic N) is 1. The number of methoxy groups -OCH3 is 1. The van der Waals surface area contributed by atoms with E-state index < -0.39 is 12.0 Å². The van der Waals surface area contributed by atoms with Crippen molar-refractivity contribution < 1.29 is 19.1 Å². The normalized spacial score (nSPS) is 18.3. The van der Waals surface area contributed by atoms with Crippen molar-refractivity contribution in [3.8, 4) is 5.75 Å². The third-order valence-corrected chi connectivity index (χ3v) is 4.85. The van der Waals surface area contributed by atoms with Gasteiger partial charge in [-0.2, -0.15) is 0 Å². The first-order valence-corrected chi connectivity index (χ1v) is 8.93. The van der Waals surface area contributed by atoms with E-state index >= 15 is 0 Å². The van der Waals surface area contributed by atoms with E-state index in [0.29, 0.717) is 42.6 Å². The number of carbonyl (C=O) groups is 2. The lowest BCUT2D eigenvalue weighted by Crippen LogP contribution is -2.43. The largest absolute Gasteiger partial charge is 0.488 e. The number of pyridine rings is 1. The van der Waals surface area contributed by atoms with Crippen LogP contribution in [0.15, 0.2) is 12.3 Å². The van der Waals surface area contributed by atoms with Crippen LogP contribution in [0.25, 0.3) is 0 Å². The maximum atomic E-state index is 12.6. The van der Waals surface area contributed by atoms with Crippen molar-refractivity contribution in [3.63, 3.8) is 0 Å². The molecule has 0 radical (unpaired) electrons. The van der Waals surface area contributed by atoms with Gasteiger partial charge in [-0.15, -0.1) is 0 Å². The molecule has 0 aromatic carbocycles. The molecule has 25 heavy (non-hydrogen) atoms. The Morgan fingerprint density at radius 3 is 2.96 bits per heavy atom. The second-order valence-corrected chi connectivity index (χ2v) is 6.63. The summed E-state index contributed by atoms with van der Waals surface area (Å²) in [5, 5.41) is 5.92. The lowest BCUT2D eigenvalue weighted by Gasteiger charge is -2.26. The number of carbonyl (C=O) groups excluding carboxylic acids is 2. The van der Waals surface area contributed by atoms with Gasteiger partial charge in [-0.25, -0.2) is 9.78 Å². The van der Waals surface area contributed by atoms with Crippen LogP contribution in [0.5, 0.6) is 5.75 Å². The summed E-state index contributed by atoms with van der Waals surface area (Å²) >= 11 is 0. The van der Waals surface area contributed by atoms with E-state index in [9.17, 15) is 9.59 Å². The zero-order chi connectivity index (χ0) is 17.6. The molecule has 1 aliphatic heterocycles. The molecular formula is C18H25N3O4. The molecule has 1 aliphatic carbocycles. The molecule has 0 spiro atoms. The maximum Gasteiger partial charge on any atom is 0.328 e. The number of anilines is 1. The summed E-state index contributed by atoms with van der Waals surface area (Å²) in [4.78, 5) is 28.9. The summed E-state index contributed by atoms with van der Waals surface area (Å²) in [6.45, 7) is 1.23. The van der Waals surface area contributed by atoms with Crippen molar-refractivity contribution in [1.82, 2.24) is 10.3 Å². The zero-order valence-corrected chi connectivity index (χ0v) is 14.5. The molecular weight excluding hydrogens is 322 g/mol. The van der Waals surface area contributed by atoms with Crippen molar-refractivity contribution in [3.05, 3.63) is 17.8 Å². The van der Waals surface area contributed by atoms with E-state index in [1.54, 1.807) is 6.07 Å². The van der Waals surface area contributed by atoms with E-state index in [1.165, 1.54) is 32.6 Å². The van der Waals surface area contributed by atoms with Crippen molar-refractivity contribution in [2.45, 2.75) is 44.6 Å². The molecule has 0 unspecified atom stereocenters. The molecule has 3 rings (SSSR count). The first-order valence-electron chi connectivity index (χ1n) is 8.93. The summed E-state index contributed by atoms with van der Waals surface area (Å²) in [6.07, 6.45) is 7.93. The van der Waals surface area contributed by atoms with Gasteiger partial charge in [0.2, 0.25) is 0 Å². The van der Waals surface area contributed by atoms with Crippen LogP contribution in [0.2, 0.25) is 0 Å². The monoisotopic (exact) mass is 347 g/mol. The molecule has 1 fully saturated rings. The Morgan fingerprint density at radius 2 is 2.20 bits per heavy atom. The molecule has 1 aromatic heterocycles. The highest BCUT2D eigenvalue weighted by Crippen LogP contribution is 2.28. The lowest BCUT2D eigenvalue weighted by atomic mass is 9.85. The van der Waals surface area contributed by atoms with E-state index in [4.69, 9.17) is 9.47 Å². The van der Waals surface area contributed by atoms with E-state index in [1.807, 2.05) is 0 Å². The summed E-state index contributed by atoms with van der Waals surface area (Å²) in [6, 6.07) is 1.02. The predicted molar refractivity (Wildman–Crippen MR) is 92.7 cm³/mol.